The number of hydrogen-bond acceptors (Lipinski definition) is 7. The van der Waals surface area contributed by atoms with E-state index in [0.29, 0.717) is 18.8 Å². The average molecular weight is 484 g/mol. The summed E-state index contributed by atoms with van der Waals surface area (Å²) in [5.41, 5.74) is 0.997. The van der Waals surface area contributed by atoms with Crippen LogP contribution in [0.3, 0.4) is 0 Å². The zero-order valence-electron chi connectivity index (χ0n) is 19.1. The van der Waals surface area contributed by atoms with Crippen LogP contribution in [-0.4, -0.2) is 73.5 Å². The second-order valence-corrected chi connectivity index (χ2v) is 7.95. The largest absolute Gasteiger partial charge is 0.425 e. The Morgan fingerprint density at radius 3 is 2.89 bits per heavy atom. The molecule has 2 saturated heterocycles. The van der Waals surface area contributed by atoms with Gasteiger partial charge in [-0.2, -0.15) is 0 Å². The van der Waals surface area contributed by atoms with E-state index >= 15 is 0 Å². The number of pyridine rings is 1. The van der Waals surface area contributed by atoms with Crippen molar-refractivity contribution in [2.45, 2.75) is 18.8 Å². The minimum Gasteiger partial charge on any atom is -0.425 e. The van der Waals surface area contributed by atoms with Gasteiger partial charge in [-0.15, -0.1) is 0 Å². The van der Waals surface area contributed by atoms with E-state index in [-0.39, 0.29) is 43.2 Å². The van der Waals surface area contributed by atoms with Crippen LogP contribution >= 0.6 is 0 Å². The van der Waals surface area contributed by atoms with E-state index in [4.69, 9.17) is 14.2 Å². The standard InChI is InChI=1S/C24H25FN4O6/c1-33-18-12-23(29(14-18)21(30)7-4-16-3-2-8-26-13-16)35-24(32)27-20-6-5-17(11-19(20)25)28-9-10-34-15-22(28)31/h2-8,11,13,18,23H,9-10,12,14-15H2,1H3,(H,27,32)/b7-4+/t18-,23-/m1/s1. The Hall–Kier alpha value is -3.83. The maximum Gasteiger partial charge on any atom is 0.413 e. The maximum absolute atomic E-state index is 14.7. The van der Waals surface area contributed by atoms with E-state index in [2.05, 4.69) is 10.3 Å². The van der Waals surface area contributed by atoms with Crippen molar-refractivity contribution >= 4 is 35.4 Å². The Morgan fingerprint density at radius 2 is 2.17 bits per heavy atom. The van der Waals surface area contributed by atoms with Gasteiger partial charge in [-0.05, 0) is 35.9 Å². The van der Waals surface area contributed by atoms with Crippen LogP contribution < -0.4 is 10.2 Å². The van der Waals surface area contributed by atoms with Gasteiger partial charge < -0.3 is 24.0 Å². The lowest BCUT2D eigenvalue weighted by atomic mass is 10.2. The highest BCUT2D eigenvalue weighted by molar-refractivity contribution is 5.95. The van der Waals surface area contributed by atoms with Crippen molar-refractivity contribution in [2.24, 2.45) is 0 Å². The van der Waals surface area contributed by atoms with E-state index in [1.54, 1.807) is 30.6 Å². The molecule has 4 rings (SSSR count). The first kappa shape index (κ1) is 24.3. The summed E-state index contributed by atoms with van der Waals surface area (Å²) < 4.78 is 30.5. The number of ether oxygens (including phenoxy) is 3. The first-order chi connectivity index (χ1) is 16.9. The Bertz CT molecular complexity index is 1110. The van der Waals surface area contributed by atoms with Crippen LogP contribution in [0.2, 0.25) is 0 Å². The Labute approximate surface area is 201 Å². The number of nitrogens with zero attached hydrogens (tertiary/aromatic N) is 3. The molecule has 0 radical (unpaired) electrons. The topological polar surface area (TPSA) is 110 Å². The lowest BCUT2D eigenvalue weighted by Crippen LogP contribution is -2.41. The number of amides is 3. The highest BCUT2D eigenvalue weighted by Gasteiger charge is 2.37. The molecular weight excluding hydrogens is 459 g/mol. The monoisotopic (exact) mass is 484 g/mol. The summed E-state index contributed by atoms with van der Waals surface area (Å²) in [4.78, 5) is 44.0. The van der Waals surface area contributed by atoms with Crippen molar-refractivity contribution in [3.8, 4) is 0 Å². The van der Waals surface area contributed by atoms with Crippen LogP contribution in [0.5, 0.6) is 0 Å². The zero-order chi connectivity index (χ0) is 24.8. The summed E-state index contributed by atoms with van der Waals surface area (Å²) >= 11 is 0. The van der Waals surface area contributed by atoms with Crippen LogP contribution in [0.4, 0.5) is 20.6 Å². The predicted octanol–water partition coefficient (Wildman–Crippen LogP) is 2.42. The number of nitrogens with one attached hydrogen (secondary N) is 1. The van der Waals surface area contributed by atoms with Crippen LogP contribution in [0.15, 0.2) is 48.8 Å². The van der Waals surface area contributed by atoms with Gasteiger partial charge in [0.15, 0.2) is 6.23 Å². The molecular formula is C24H25FN4O6. The van der Waals surface area contributed by atoms with Crippen molar-refractivity contribution in [1.29, 1.82) is 0 Å². The van der Waals surface area contributed by atoms with E-state index in [1.165, 1.54) is 35.1 Å². The number of hydrogen-bond donors (Lipinski definition) is 1. The fourth-order valence-electron chi connectivity index (χ4n) is 3.84. The molecule has 2 aliphatic heterocycles. The summed E-state index contributed by atoms with van der Waals surface area (Å²) in [6, 6.07) is 7.59. The van der Waals surface area contributed by atoms with Crippen molar-refractivity contribution in [3.05, 3.63) is 60.2 Å². The second-order valence-electron chi connectivity index (χ2n) is 7.95. The first-order valence-electron chi connectivity index (χ1n) is 11.0. The van der Waals surface area contributed by atoms with Crippen LogP contribution in [0, 0.1) is 5.82 Å². The molecule has 184 valence electrons. The summed E-state index contributed by atoms with van der Waals surface area (Å²) in [5.74, 6) is -1.36. The lowest BCUT2D eigenvalue weighted by molar-refractivity contribution is -0.132. The Kier molecular flexibility index (Phi) is 7.68. The lowest BCUT2D eigenvalue weighted by Gasteiger charge is -2.27. The van der Waals surface area contributed by atoms with Gasteiger partial charge in [-0.3, -0.25) is 19.9 Å². The molecule has 1 N–H and O–H groups in total. The van der Waals surface area contributed by atoms with Gasteiger partial charge in [0.2, 0.25) is 5.91 Å². The number of benzene rings is 1. The third kappa shape index (κ3) is 6.00. The van der Waals surface area contributed by atoms with Crippen molar-refractivity contribution < 1.29 is 33.0 Å². The minimum atomic E-state index is -0.921. The van der Waals surface area contributed by atoms with E-state index in [1.807, 2.05) is 0 Å². The van der Waals surface area contributed by atoms with Crippen LogP contribution in [-0.2, 0) is 23.8 Å². The van der Waals surface area contributed by atoms with Gasteiger partial charge in [0, 0.05) is 44.2 Å². The smallest absolute Gasteiger partial charge is 0.413 e. The molecule has 0 aliphatic carbocycles. The molecule has 3 heterocycles. The molecule has 0 bridgehead atoms. The fraction of sp³-hybridized carbons (Fsp3) is 0.333. The van der Waals surface area contributed by atoms with Crippen molar-refractivity contribution in [3.63, 3.8) is 0 Å². The number of aromatic nitrogens is 1. The molecule has 1 aromatic carbocycles. The van der Waals surface area contributed by atoms with Gasteiger partial charge in [0.05, 0.1) is 24.9 Å². The molecule has 11 heteroatoms. The van der Waals surface area contributed by atoms with Gasteiger partial charge >= 0.3 is 6.09 Å². The zero-order valence-corrected chi connectivity index (χ0v) is 19.1. The number of rotatable bonds is 6. The molecule has 10 nitrogen and oxygen atoms in total. The molecule has 2 aliphatic rings. The average Bonchev–Trinajstić information content (AvgIpc) is 3.27. The number of likely N-dealkylation sites (tertiary alicyclic amines) is 1. The SMILES string of the molecule is CO[C@@H]1C[C@@H](OC(=O)Nc2ccc(N3CCOCC3=O)cc2F)N(C(=O)/C=C/c2cccnc2)C1. The molecule has 0 unspecified atom stereocenters. The number of methoxy groups -OCH3 is 1. The highest BCUT2D eigenvalue weighted by atomic mass is 19.1. The number of anilines is 2. The predicted molar refractivity (Wildman–Crippen MR) is 124 cm³/mol. The maximum atomic E-state index is 14.7. The normalized spacial score (nSPS) is 20.3. The second kappa shape index (κ2) is 11.1. The van der Waals surface area contributed by atoms with Gasteiger partial charge in [0.1, 0.15) is 12.4 Å². The van der Waals surface area contributed by atoms with E-state index < -0.39 is 18.1 Å². The van der Waals surface area contributed by atoms with Gasteiger partial charge in [-0.1, -0.05) is 6.07 Å². The van der Waals surface area contributed by atoms with Crippen molar-refractivity contribution in [1.82, 2.24) is 9.88 Å². The third-order valence-electron chi connectivity index (χ3n) is 5.66. The molecule has 2 aromatic rings. The molecule has 0 saturated carbocycles. The number of halogens is 1. The molecule has 2 fully saturated rings. The minimum absolute atomic E-state index is 0.0650. The number of carbonyl (C=O) groups is 3. The van der Waals surface area contributed by atoms with Gasteiger partial charge in [-0.25, -0.2) is 9.18 Å². The van der Waals surface area contributed by atoms with Crippen LogP contribution in [0.25, 0.3) is 6.08 Å². The molecule has 35 heavy (non-hydrogen) atoms. The summed E-state index contributed by atoms with van der Waals surface area (Å²) in [6.45, 7) is 0.844. The van der Waals surface area contributed by atoms with E-state index in [9.17, 15) is 18.8 Å². The van der Waals surface area contributed by atoms with E-state index in [0.717, 1.165) is 11.6 Å². The van der Waals surface area contributed by atoms with Crippen molar-refractivity contribution in [2.75, 3.05) is 43.6 Å². The highest BCUT2D eigenvalue weighted by Crippen LogP contribution is 2.25. The number of morpholine rings is 1. The summed E-state index contributed by atoms with van der Waals surface area (Å²) in [6.07, 6.45) is 4.37. The fourth-order valence-corrected chi connectivity index (χ4v) is 3.84. The Morgan fingerprint density at radius 1 is 1.31 bits per heavy atom. The van der Waals surface area contributed by atoms with Crippen LogP contribution in [0.1, 0.15) is 12.0 Å². The number of carbonyl (C=O) groups excluding carboxylic acids is 3. The molecule has 0 spiro atoms. The third-order valence-corrected chi connectivity index (χ3v) is 5.66. The van der Waals surface area contributed by atoms with Gasteiger partial charge in [0.25, 0.3) is 5.91 Å². The summed E-state index contributed by atoms with van der Waals surface area (Å²) in [7, 11) is 1.51. The quantitative estimate of drug-likeness (QED) is 0.627. The first-order valence-corrected chi connectivity index (χ1v) is 11.0. The molecule has 1 aromatic heterocycles. The molecule has 2 atom stereocenters. The Balaban J connectivity index is 1.39. The summed E-state index contributed by atoms with van der Waals surface area (Å²) in [5, 5.41) is 2.36. The molecule has 3 amide bonds.